The van der Waals surface area contributed by atoms with Crippen LogP contribution in [0.1, 0.15) is 35.2 Å². The fourth-order valence-electron chi connectivity index (χ4n) is 3.05. The van der Waals surface area contributed by atoms with E-state index in [0.29, 0.717) is 5.69 Å². The fourth-order valence-corrected chi connectivity index (χ4v) is 3.05. The van der Waals surface area contributed by atoms with E-state index in [4.69, 9.17) is 0 Å². The predicted octanol–water partition coefficient (Wildman–Crippen LogP) is 1.73. The number of hydrogen-bond acceptors (Lipinski definition) is 4. The van der Waals surface area contributed by atoms with Crippen molar-refractivity contribution in [3.8, 4) is 0 Å². The molecule has 0 saturated carbocycles. The molecule has 122 valence electrons. The molecule has 0 N–H and O–H groups in total. The highest BCUT2D eigenvalue weighted by Crippen LogP contribution is 2.35. The molecule has 0 aliphatic carbocycles. The summed E-state index contributed by atoms with van der Waals surface area (Å²) in [5.74, 6) is -2.31. The highest BCUT2D eigenvalue weighted by molar-refractivity contribution is 6.21. The van der Waals surface area contributed by atoms with E-state index in [-0.39, 0.29) is 29.7 Å². The first-order valence-electron chi connectivity index (χ1n) is 7.72. The number of carbonyl (C=O) groups excluding carboxylic acids is 3. The third kappa shape index (κ3) is 2.80. The van der Waals surface area contributed by atoms with Gasteiger partial charge in [-0.15, -0.1) is 0 Å². The molecule has 1 heterocycles. The summed E-state index contributed by atoms with van der Waals surface area (Å²) in [6, 6.07) is 15.2. The minimum atomic E-state index is -1.30. The van der Waals surface area contributed by atoms with Crippen molar-refractivity contribution in [1.82, 2.24) is 0 Å². The van der Waals surface area contributed by atoms with Crippen LogP contribution in [0, 0.1) is 5.92 Å². The third-order valence-corrected chi connectivity index (χ3v) is 4.47. The van der Waals surface area contributed by atoms with E-state index in [1.54, 1.807) is 0 Å². The number of aromatic carboxylic acids is 1. The summed E-state index contributed by atoms with van der Waals surface area (Å²) < 4.78 is 0. The Morgan fingerprint density at radius 3 is 2.29 bits per heavy atom. The van der Waals surface area contributed by atoms with Crippen LogP contribution in [-0.2, 0) is 9.59 Å². The van der Waals surface area contributed by atoms with Crippen molar-refractivity contribution in [1.29, 1.82) is 0 Å². The number of imide groups is 1. The van der Waals surface area contributed by atoms with Gasteiger partial charge in [0.15, 0.2) is 0 Å². The van der Waals surface area contributed by atoms with Crippen molar-refractivity contribution in [2.45, 2.75) is 19.3 Å². The van der Waals surface area contributed by atoms with E-state index >= 15 is 0 Å². The van der Waals surface area contributed by atoms with E-state index in [2.05, 4.69) is 0 Å². The first-order chi connectivity index (χ1) is 11.5. The van der Waals surface area contributed by atoms with Crippen molar-refractivity contribution in [2.24, 2.45) is 5.92 Å². The summed E-state index contributed by atoms with van der Waals surface area (Å²) in [6.07, 6.45) is 0.150. The number of rotatable bonds is 4. The van der Waals surface area contributed by atoms with Gasteiger partial charge in [0.25, 0.3) is 0 Å². The van der Waals surface area contributed by atoms with Crippen molar-refractivity contribution in [2.75, 3.05) is 4.90 Å². The van der Waals surface area contributed by atoms with E-state index in [1.807, 2.05) is 37.3 Å². The van der Waals surface area contributed by atoms with Gasteiger partial charge in [0.1, 0.15) is 0 Å². The molecule has 1 saturated heterocycles. The van der Waals surface area contributed by atoms with Crippen LogP contribution in [0.2, 0.25) is 0 Å². The molecule has 24 heavy (non-hydrogen) atoms. The zero-order valence-electron chi connectivity index (χ0n) is 13.1. The lowest BCUT2D eigenvalue weighted by Crippen LogP contribution is -2.31. The van der Waals surface area contributed by atoms with Gasteiger partial charge in [0.05, 0.1) is 17.6 Å². The summed E-state index contributed by atoms with van der Waals surface area (Å²) in [5, 5.41) is 10.8. The molecular formula is C19H16NO4-. The van der Waals surface area contributed by atoms with Crippen molar-refractivity contribution in [3.05, 3.63) is 65.7 Å². The molecule has 0 bridgehead atoms. The Hall–Kier alpha value is -2.95. The van der Waals surface area contributed by atoms with E-state index < -0.39 is 11.9 Å². The minimum Gasteiger partial charge on any atom is -0.545 e. The Labute approximate surface area is 139 Å². The highest BCUT2D eigenvalue weighted by Gasteiger charge is 2.42. The van der Waals surface area contributed by atoms with Gasteiger partial charge >= 0.3 is 0 Å². The number of hydrogen-bond donors (Lipinski definition) is 0. The van der Waals surface area contributed by atoms with Gasteiger partial charge < -0.3 is 9.90 Å². The molecule has 1 fully saturated rings. The molecule has 2 aromatic rings. The maximum atomic E-state index is 12.7. The smallest absolute Gasteiger partial charge is 0.237 e. The number of carboxylic acid groups (broad SMARTS) is 1. The number of nitrogens with zero attached hydrogens (tertiary/aromatic N) is 1. The Balaban J connectivity index is 1.85. The van der Waals surface area contributed by atoms with Crippen LogP contribution in [0.3, 0.4) is 0 Å². The molecule has 1 aliphatic rings. The molecule has 5 heteroatoms. The monoisotopic (exact) mass is 322 g/mol. The van der Waals surface area contributed by atoms with Crippen LogP contribution < -0.4 is 10.0 Å². The topological polar surface area (TPSA) is 77.5 Å². The number of anilines is 1. The molecule has 0 radical (unpaired) electrons. The Morgan fingerprint density at radius 1 is 1.08 bits per heavy atom. The summed E-state index contributed by atoms with van der Waals surface area (Å²) in [6.45, 7) is 1.94. The lowest BCUT2D eigenvalue weighted by Gasteiger charge is -2.19. The fraction of sp³-hybridized carbons (Fsp3) is 0.211. The van der Waals surface area contributed by atoms with E-state index in [1.165, 1.54) is 24.3 Å². The minimum absolute atomic E-state index is 0.00653. The molecular weight excluding hydrogens is 306 g/mol. The maximum Gasteiger partial charge on any atom is 0.237 e. The average molecular weight is 322 g/mol. The summed E-state index contributed by atoms with van der Waals surface area (Å²) >= 11 is 0. The van der Waals surface area contributed by atoms with Crippen molar-refractivity contribution in [3.63, 3.8) is 0 Å². The Kier molecular flexibility index (Phi) is 4.16. The molecule has 0 aromatic heterocycles. The SMILES string of the molecule is C[C@H](c1ccccc1)[C@@H]1CC(=O)N(c2ccc(C(=O)[O-])cc2)C1=O. The molecule has 3 rings (SSSR count). The zero-order valence-corrected chi connectivity index (χ0v) is 13.1. The second-order valence-electron chi connectivity index (χ2n) is 5.91. The zero-order chi connectivity index (χ0) is 17.3. The molecule has 1 aliphatic heterocycles. The van der Waals surface area contributed by atoms with Gasteiger partial charge in [-0.2, -0.15) is 0 Å². The first kappa shape index (κ1) is 15.9. The lowest BCUT2D eigenvalue weighted by atomic mass is 9.86. The van der Waals surface area contributed by atoms with E-state index in [9.17, 15) is 19.5 Å². The molecule has 2 atom stereocenters. The molecule has 0 unspecified atom stereocenters. The largest absolute Gasteiger partial charge is 0.545 e. The number of carbonyl (C=O) groups is 3. The van der Waals surface area contributed by atoms with Crippen molar-refractivity contribution < 1.29 is 19.5 Å². The number of amides is 2. The van der Waals surface area contributed by atoms with Crippen molar-refractivity contribution >= 4 is 23.5 Å². The number of carboxylic acids is 1. The van der Waals surface area contributed by atoms with Gasteiger partial charge in [-0.25, -0.2) is 0 Å². The second-order valence-corrected chi connectivity index (χ2v) is 5.91. The van der Waals surface area contributed by atoms with Gasteiger partial charge in [-0.1, -0.05) is 49.4 Å². The van der Waals surface area contributed by atoms with Crippen LogP contribution in [0.25, 0.3) is 0 Å². The lowest BCUT2D eigenvalue weighted by molar-refractivity contribution is -0.255. The standard InChI is InChI=1S/C19H17NO4/c1-12(13-5-3-2-4-6-13)16-11-17(21)20(18(16)22)15-9-7-14(8-10-15)19(23)24/h2-10,12,16H,11H2,1H3,(H,23,24)/p-1/t12-,16+/m1/s1. The quantitative estimate of drug-likeness (QED) is 0.803. The van der Waals surface area contributed by atoms with Crippen LogP contribution in [-0.4, -0.2) is 17.8 Å². The van der Waals surface area contributed by atoms with Crippen LogP contribution in [0.15, 0.2) is 54.6 Å². The van der Waals surface area contributed by atoms with Crippen LogP contribution in [0.5, 0.6) is 0 Å². The maximum absolute atomic E-state index is 12.7. The van der Waals surface area contributed by atoms with Gasteiger partial charge in [0, 0.05) is 6.42 Å². The number of benzene rings is 2. The summed E-state index contributed by atoms with van der Waals surface area (Å²) in [4.78, 5) is 37.0. The third-order valence-electron chi connectivity index (χ3n) is 4.47. The van der Waals surface area contributed by atoms with Gasteiger partial charge in [-0.05, 0) is 29.2 Å². The summed E-state index contributed by atoms with van der Waals surface area (Å²) in [7, 11) is 0. The Morgan fingerprint density at radius 2 is 1.71 bits per heavy atom. The van der Waals surface area contributed by atoms with Gasteiger partial charge in [-0.3, -0.25) is 14.5 Å². The molecule has 2 amide bonds. The Bertz CT molecular complexity index is 783. The highest BCUT2D eigenvalue weighted by atomic mass is 16.4. The molecule has 5 nitrogen and oxygen atoms in total. The first-order valence-corrected chi connectivity index (χ1v) is 7.72. The average Bonchev–Trinajstić information content (AvgIpc) is 2.89. The molecule has 0 spiro atoms. The van der Waals surface area contributed by atoms with Gasteiger partial charge in [0.2, 0.25) is 11.8 Å². The van der Waals surface area contributed by atoms with Crippen LogP contribution >= 0.6 is 0 Å². The second kappa shape index (κ2) is 6.28. The molecule has 2 aromatic carbocycles. The summed E-state index contributed by atoms with van der Waals surface area (Å²) in [5.41, 5.74) is 1.41. The van der Waals surface area contributed by atoms with E-state index in [0.717, 1.165) is 10.5 Å². The normalized spacial score (nSPS) is 18.7. The predicted molar refractivity (Wildman–Crippen MR) is 86.2 cm³/mol. The van der Waals surface area contributed by atoms with Crippen LogP contribution in [0.4, 0.5) is 5.69 Å².